The van der Waals surface area contributed by atoms with Crippen molar-refractivity contribution in [3.63, 3.8) is 0 Å². The van der Waals surface area contributed by atoms with Gasteiger partial charge in [0.2, 0.25) is 15.7 Å². The summed E-state index contributed by atoms with van der Waals surface area (Å²) in [6.07, 6.45) is 0.910. The van der Waals surface area contributed by atoms with Crippen LogP contribution in [0.4, 0.5) is 8.78 Å². The number of thiazole rings is 1. The molecule has 2 aromatic heterocycles. The zero-order chi connectivity index (χ0) is 24.5. The quantitative estimate of drug-likeness (QED) is 0.279. The van der Waals surface area contributed by atoms with Crippen LogP contribution in [0.2, 0.25) is 0 Å². The van der Waals surface area contributed by atoms with Gasteiger partial charge in [-0.25, -0.2) is 22.2 Å². The van der Waals surface area contributed by atoms with E-state index in [1.165, 1.54) is 17.4 Å². The Morgan fingerprint density at radius 2 is 1.79 bits per heavy atom. The Morgan fingerprint density at radius 1 is 1.12 bits per heavy atom. The summed E-state index contributed by atoms with van der Waals surface area (Å²) in [5, 5.41) is 13.7. The van der Waals surface area contributed by atoms with Crippen molar-refractivity contribution in [3.05, 3.63) is 80.8 Å². The summed E-state index contributed by atoms with van der Waals surface area (Å²) in [6.45, 7) is 3.94. The molecule has 2 aromatic carbocycles. The second-order valence-electron chi connectivity index (χ2n) is 7.62. The fourth-order valence-electron chi connectivity index (χ4n) is 2.96. The predicted molar refractivity (Wildman–Crippen MR) is 130 cm³/mol. The summed E-state index contributed by atoms with van der Waals surface area (Å²) >= 11 is 4.56. The predicted octanol–water partition coefficient (Wildman–Crippen LogP) is 5.42. The van der Waals surface area contributed by atoms with Crippen LogP contribution >= 0.6 is 27.3 Å². The summed E-state index contributed by atoms with van der Waals surface area (Å²) in [5.74, 6) is -1.85. The molecule has 0 saturated carbocycles. The smallest absolute Gasteiger partial charge is 0.237 e. The molecule has 0 aliphatic heterocycles. The van der Waals surface area contributed by atoms with Gasteiger partial charge in [0.25, 0.3) is 5.16 Å². The monoisotopic (exact) mass is 565 g/mol. The minimum absolute atomic E-state index is 0.0549. The maximum absolute atomic E-state index is 14.1. The summed E-state index contributed by atoms with van der Waals surface area (Å²) < 4.78 is 56.5. The van der Waals surface area contributed by atoms with Gasteiger partial charge in [-0.2, -0.15) is 9.78 Å². The van der Waals surface area contributed by atoms with Crippen molar-refractivity contribution < 1.29 is 17.2 Å². The number of hydrogen-bond donors (Lipinski definition) is 0. The number of aromatic nitrogens is 4. The Balaban J connectivity index is 1.82. The first-order valence-electron chi connectivity index (χ1n) is 10.0. The Bertz CT molecular complexity index is 1440. The van der Waals surface area contributed by atoms with Gasteiger partial charge >= 0.3 is 0 Å². The van der Waals surface area contributed by atoms with Crippen LogP contribution in [-0.4, -0.2) is 34.5 Å². The molecule has 0 unspecified atom stereocenters. The molecule has 0 spiro atoms. The van der Waals surface area contributed by atoms with Gasteiger partial charge in [0.15, 0.2) is 5.01 Å². The average molecular weight is 566 g/mol. The number of nitrogens with zero attached hydrogens (tertiary/aromatic N) is 5. The van der Waals surface area contributed by atoms with E-state index < -0.39 is 32.2 Å². The molecular weight excluding hydrogens is 548 g/mol. The van der Waals surface area contributed by atoms with E-state index in [1.54, 1.807) is 24.3 Å². The van der Waals surface area contributed by atoms with E-state index in [9.17, 15) is 17.2 Å². The molecule has 4 aromatic rings. The van der Waals surface area contributed by atoms with Crippen LogP contribution in [0.5, 0.6) is 0 Å². The fourth-order valence-corrected chi connectivity index (χ4v) is 5.50. The normalized spacial score (nSPS) is 12.2. The maximum atomic E-state index is 14.1. The van der Waals surface area contributed by atoms with Crippen LogP contribution in [0, 0.1) is 11.6 Å². The molecule has 0 bridgehead atoms. The zero-order valence-electron chi connectivity index (χ0n) is 18.0. The van der Waals surface area contributed by atoms with E-state index in [0.29, 0.717) is 10.6 Å². The highest BCUT2D eigenvalue weighted by Crippen LogP contribution is 2.28. The standard InChI is InChI=1S/C22H18BrF2N5O2S2/c1-13(2)19-11-33-21(27-19)20-28-29-22(34(31,32)12-14-6-8-15(23)9-7-14)30(20)26-10-16-17(24)4-3-5-18(16)25/h3-11,13H,12H2,1-2H3/b26-10+. The topological polar surface area (TPSA) is 90.1 Å². The highest BCUT2D eigenvalue weighted by atomic mass is 79.9. The molecule has 0 aliphatic carbocycles. The molecule has 176 valence electrons. The molecule has 0 saturated heterocycles. The lowest BCUT2D eigenvalue weighted by molar-refractivity contribution is 0.575. The lowest BCUT2D eigenvalue weighted by atomic mass is 10.2. The summed E-state index contributed by atoms with van der Waals surface area (Å²) in [4.78, 5) is 4.49. The zero-order valence-corrected chi connectivity index (χ0v) is 21.2. The van der Waals surface area contributed by atoms with Crippen molar-refractivity contribution in [2.45, 2.75) is 30.7 Å². The van der Waals surface area contributed by atoms with Crippen molar-refractivity contribution in [1.29, 1.82) is 0 Å². The molecule has 0 radical (unpaired) electrons. The lowest BCUT2D eigenvalue weighted by Gasteiger charge is -2.06. The first-order valence-corrected chi connectivity index (χ1v) is 13.3. The van der Waals surface area contributed by atoms with Crippen molar-refractivity contribution in [2.24, 2.45) is 5.10 Å². The van der Waals surface area contributed by atoms with Gasteiger partial charge < -0.3 is 0 Å². The highest BCUT2D eigenvalue weighted by molar-refractivity contribution is 9.10. The molecule has 0 atom stereocenters. The molecular formula is C22H18BrF2N5O2S2. The van der Waals surface area contributed by atoms with Crippen LogP contribution in [0.25, 0.3) is 10.8 Å². The van der Waals surface area contributed by atoms with Crippen LogP contribution in [0.15, 0.2) is 62.6 Å². The minimum Gasteiger partial charge on any atom is -0.237 e. The first kappa shape index (κ1) is 24.3. The number of sulfone groups is 1. The fraction of sp³-hybridized carbons (Fsp3) is 0.182. The Kier molecular flexibility index (Phi) is 7.01. The van der Waals surface area contributed by atoms with E-state index in [2.05, 4.69) is 36.2 Å². The van der Waals surface area contributed by atoms with Gasteiger partial charge in [0.05, 0.1) is 23.2 Å². The number of hydrogen-bond acceptors (Lipinski definition) is 7. The Hall–Kier alpha value is -2.83. The third kappa shape index (κ3) is 5.13. The molecule has 0 aliphatic rings. The van der Waals surface area contributed by atoms with E-state index in [4.69, 9.17) is 0 Å². The van der Waals surface area contributed by atoms with Gasteiger partial charge in [-0.1, -0.05) is 48.0 Å². The van der Waals surface area contributed by atoms with E-state index >= 15 is 0 Å². The Morgan fingerprint density at radius 3 is 2.41 bits per heavy atom. The van der Waals surface area contributed by atoms with Gasteiger partial charge in [-0.3, -0.25) is 0 Å². The van der Waals surface area contributed by atoms with Gasteiger partial charge in [0.1, 0.15) is 11.6 Å². The largest absolute Gasteiger partial charge is 0.271 e. The molecule has 0 N–H and O–H groups in total. The number of benzene rings is 2. The third-order valence-electron chi connectivity index (χ3n) is 4.77. The number of halogens is 3. The second kappa shape index (κ2) is 9.80. The first-order chi connectivity index (χ1) is 16.2. The molecule has 4 rings (SSSR count). The molecule has 0 amide bonds. The number of rotatable bonds is 7. The summed E-state index contributed by atoms with van der Waals surface area (Å²) in [7, 11) is -4.03. The van der Waals surface area contributed by atoms with Crippen LogP contribution < -0.4 is 0 Å². The van der Waals surface area contributed by atoms with Crippen molar-refractivity contribution in [2.75, 3.05) is 0 Å². The lowest BCUT2D eigenvalue weighted by Crippen LogP contribution is -2.12. The van der Waals surface area contributed by atoms with Gasteiger partial charge in [0, 0.05) is 9.85 Å². The second-order valence-corrected chi connectivity index (χ2v) is 11.3. The summed E-state index contributed by atoms with van der Waals surface area (Å²) in [5.41, 5.74) is 0.901. The molecule has 7 nitrogen and oxygen atoms in total. The third-order valence-corrected chi connectivity index (χ3v) is 7.68. The van der Waals surface area contributed by atoms with Crippen molar-refractivity contribution in [3.8, 4) is 10.8 Å². The van der Waals surface area contributed by atoms with E-state index in [-0.39, 0.29) is 17.5 Å². The van der Waals surface area contributed by atoms with Crippen LogP contribution in [-0.2, 0) is 15.6 Å². The van der Waals surface area contributed by atoms with E-state index in [0.717, 1.165) is 33.2 Å². The van der Waals surface area contributed by atoms with Crippen LogP contribution in [0.1, 0.15) is 36.6 Å². The molecule has 12 heteroatoms. The maximum Gasteiger partial charge on any atom is 0.271 e. The summed E-state index contributed by atoms with van der Waals surface area (Å²) in [6, 6.07) is 10.2. The van der Waals surface area contributed by atoms with E-state index in [1.807, 2.05) is 19.2 Å². The Labute approximate surface area is 207 Å². The SMILES string of the molecule is CC(C)c1csc(-c2nnc(S(=O)(=O)Cc3ccc(Br)cc3)n2/N=C/c2c(F)cccc2F)n1. The van der Waals surface area contributed by atoms with Gasteiger partial charge in [-0.05, 0) is 35.7 Å². The minimum atomic E-state index is -4.03. The van der Waals surface area contributed by atoms with Crippen molar-refractivity contribution in [1.82, 2.24) is 19.9 Å². The molecule has 2 heterocycles. The van der Waals surface area contributed by atoms with Gasteiger partial charge in [-0.15, -0.1) is 21.5 Å². The molecule has 0 fully saturated rings. The van der Waals surface area contributed by atoms with Crippen molar-refractivity contribution >= 4 is 43.3 Å². The van der Waals surface area contributed by atoms with Crippen LogP contribution in [0.3, 0.4) is 0 Å². The molecule has 34 heavy (non-hydrogen) atoms. The average Bonchev–Trinajstić information content (AvgIpc) is 3.42. The highest BCUT2D eigenvalue weighted by Gasteiger charge is 2.27.